The summed E-state index contributed by atoms with van der Waals surface area (Å²) in [6.07, 6.45) is 0. The number of halogens is 1. The predicted molar refractivity (Wildman–Crippen MR) is 65.8 cm³/mol. The SMILES string of the molecule is CCNC(=O)Cn1c(=S)[nH]c2ccc(F)cc21. The number of rotatable bonds is 3. The molecule has 0 aliphatic carbocycles. The summed E-state index contributed by atoms with van der Waals surface area (Å²) < 4.78 is 15.1. The fourth-order valence-corrected chi connectivity index (χ4v) is 1.95. The average molecular weight is 253 g/mol. The van der Waals surface area contributed by atoms with Crippen molar-refractivity contribution < 1.29 is 9.18 Å². The van der Waals surface area contributed by atoms with E-state index in [1.807, 2.05) is 6.92 Å². The van der Waals surface area contributed by atoms with Crippen LogP contribution >= 0.6 is 12.2 Å². The van der Waals surface area contributed by atoms with Crippen molar-refractivity contribution in [2.75, 3.05) is 6.54 Å². The molecule has 0 fully saturated rings. The Morgan fingerprint density at radius 2 is 2.35 bits per heavy atom. The van der Waals surface area contributed by atoms with Crippen molar-refractivity contribution in [1.29, 1.82) is 0 Å². The molecule has 1 amide bonds. The molecule has 6 heteroatoms. The molecule has 0 saturated heterocycles. The van der Waals surface area contributed by atoms with E-state index in [9.17, 15) is 9.18 Å². The third-order valence-corrected chi connectivity index (χ3v) is 2.74. The molecule has 2 aromatic rings. The maximum Gasteiger partial charge on any atom is 0.240 e. The molecule has 90 valence electrons. The summed E-state index contributed by atoms with van der Waals surface area (Å²) >= 11 is 5.10. The molecule has 2 rings (SSSR count). The minimum atomic E-state index is -0.351. The number of amides is 1. The maximum absolute atomic E-state index is 13.1. The molecule has 0 bridgehead atoms. The van der Waals surface area contributed by atoms with Crippen LogP contribution < -0.4 is 5.32 Å². The second-order valence-corrected chi connectivity index (χ2v) is 4.02. The van der Waals surface area contributed by atoms with Crippen molar-refractivity contribution >= 4 is 29.2 Å². The molecular formula is C11H12FN3OS. The van der Waals surface area contributed by atoms with Crippen LogP contribution in [0.25, 0.3) is 11.0 Å². The highest BCUT2D eigenvalue weighted by atomic mass is 32.1. The summed E-state index contributed by atoms with van der Waals surface area (Å²) in [5.41, 5.74) is 1.32. The van der Waals surface area contributed by atoms with Gasteiger partial charge in [-0.05, 0) is 37.3 Å². The van der Waals surface area contributed by atoms with Crippen LogP contribution in [0.5, 0.6) is 0 Å². The number of carbonyl (C=O) groups excluding carboxylic acids is 1. The van der Waals surface area contributed by atoms with Crippen LogP contribution in [-0.4, -0.2) is 22.0 Å². The number of likely N-dealkylation sites (N-methyl/N-ethyl adjacent to an activating group) is 1. The number of nitrogens with zero attached hydrogens (tertiary/aromatic N) is 1. The molecule has 0 unspecified atom stereocenters. The van der Waals surface area contributed by atoms with Gasteiger partial charge in [0.15, 0.2) is 4.77 Å². The Balaban J connectivity index is 2.45. The van der Waals surface area contributed by atoms with E-state index in [1.54, 1.807) is 10.6 Å². The Hall–Kier alpha value is -1.69. The largest absolute Gasteiger partial charge is 0.355 e. The van der Waals surface area contributed by atoms with E-state index in [0.29, 0.717) is 16.8 Å². The molecule has 2 N–H and O–H groups in total. The normalized spacial score (nSPS) is 10.7. The lowest BCUT2D eigenvalue weighted by Crippen LogP contribution is -2.27. The highest BCUT2D eigenvalue weighted by Crippen LogP contribution is 2.15. The van der Waals surface area contributed by atoms with E-state index in [2.05, 4.69) is 10.3 Å². The van der Waals surface area contributed by atoms with E-state index in [1.165, 1.54) is 12.1 Å². The molecule has 0 atom stereocenters. The van der Waals surface area contributed by atoms with Crippen molar-refractivity contribution in [2.24, 2.45) is 0 Å². The number of fused-ring (bicyclic) bond motifs is 1. The van der Waals surface area contributed by atoms with Gasteiger partial charge in [-0.15, -0.1) is 0 Å². The number of nitrogens with one attached hydrogen (secondary N) is 2. The van der Waals surface area contributed by atoms with Gasteiger partial charge in [0.2, 0.25) is 5.91 Å². The molecule has 17 heavy (non-hydrogen) atoms. The summed E-state index contributed by atoms with van der Waals surface area (Å²) in [7, 11) is 0. The lowest BCUT2D eigenvalue weighted by atomic mass is 10.3. The van der Waals surface area contributed by atoms with Gasteiger partial charge < -0.3 is 14.9 Å². The fraction of sp³-hybridized carbons (Fsp3) is 0.273. The van der Waals surface area contributed by atoms with Crippen molar-refractivity contribution in [3.63, 3.8) is 0 Å². The Labute approximate surface area is 102 Å². The van der Waals surface area contributed by atoms with Crippen molar-refractivity contribution in [3.05, 3.63) is 28.8 Å². The van der Waals surface area contributed by atoms with Crippen LogP contribution in [0.3, 0.4) is 0 Å². The quantitative estimate of drug-likeness (QED) is 0.822. The first-order chi connectivity index (χ1) is 8.11. The van der Waals surface area contributed by atoms with Gasteiger partial charge in [0.05, 0.1) is 11.0 Å². The summed E-state index contributed by atoms with van der Waals surface area (Å²) in [5.74, 6) is -0.495. The number of hydrogen-bond donors (Lipinski definition) is 2. The van der Waals surface area contributed by atoms with Gasteiger partial charge in [0.25, 0.3) is 0 Å². The second-order valence-electron chi connectivity index (χ2n) is 3.63. The zero-order valence-corrected chi connectivity index (χ0v) is 10.1. The number of imidazole rings is 1. The van der Waals surface area contributed by atoms with Gasteiger partial charge >= 0.3 is 0 Å². The molecule has 1 aromatic carbocycles. The first kappa shape index (κ1) is 11.8. The zero-order chi connectivity index (χ0) is 12.4. The Kier molecular flexibility index (Phi) is 3.23. The summed E-state index contributed by atoms with van der Waals surface area (Å²) in [5, 5.41) is 2.68. The molecular weight excluding hydrogens is 241 g/mol. The number of benzene rings is 1. The monoisotopic (exact) mass is 253 g/mol. The molecule has 1 heterocycles. The zero-order valence-electron chi connectivity index (χ0n) is 9.29. The summed E-state index contributed by atoms with van der Waals surface area (Å²) in [6, 6.07) is 4.32. The van der Waals surface area contributed by atoms with Crippen LogP contribution in [0.2, 0.25) is 0 Å². The van der Waals surface area contributed by atoms with E-state index >= 15 is 0 Å². The van der Waals surface area contributed by atoms with Gasteiger partial charge in [-0.25, -0.2) is 4.39 Å². The van der Waals surface area contributed by atoms with Gasteiger partial charge in [0, 0.05) is 6.54 Å². The number of aromatic nitrogens is 2. The highest BCUT2D eigenvalue weighted by molar-refractivity contribution is 7.71. The predicted octanol–water partition coefficient (Wildman–Crippen LogP) is 1.97. The molecule has 0 aliphatic rings. The van der Waals surface area contributed by atoms with E-state index < -0.39 is 0 Å². The van der Waals surface area contributed by atoms with Crippen molar-refractivity contribution in [1.82, 2.24) is 14.9 Å². The smallest absolute Gasteiger partial charge is 0.240 e. The first-order valence-corrected chi connectivity index (χ1v) is 5.67. The van der Waals surface area contributed by atoms with Crippen LogP contribution in [-0.2, 0) is 11.3 Å². The standard InChI is InChI=1S/C11H12FN3OS/c1-2-13-10(16)6-15-9-5-7(12)3-4-8(9)14-11(15)17/h3-5H,2,6H2,1H3,(H,13,16)(H,14,17). The average Bonchev–Trinajstić information content (AvgIpc) is 2.56. The maximum atomic E-state index is 13.1. The number of carbonyl (C=O) groups is 1. The van der Waals surface area contributed by atoms with Crippen LogP contribution in [0.15, 0.2) is 18.2 Å². The number of H-pyrrole nitrogens is 1. The fourth-order valence-electron chi connectivity index (χ4n) is 1.68. The Morgan fingerprint density at radius 3 is 3.06 bits per heavy atom. The second kappa shape index (κ2) is 4.67. The first-order valence-electron chi connectivity index (χ1n) is 5.26. The molecule has 0 radical (unpaired) electrons. The van der Waals surface area contributed by atoms with Crippen LogP contribution in [0.1, 0.15) is 6.92 Å². The summed E-state index contributed by atoms with van der Waals surface area (Å²) in [6.45, 7) is 2.49. The minimum absolute atomic E-state index is 0.0934. The van der Waals surface area contributed by atoms with Crippen molar-refractivity contribution in [3.8, 4) is 0 Å². The third-order valence-electron chi connectivity index (χ3n) is 2.41. The Morgan fingerprint density at radius 1 is 1.59 bits per heavy atom. The molecule has 0 saturated carbocycles. The van der Waals surface area contributed by atoms with Gasteiger partial charge in [-0.3, -0.25) is 4.79 Å². The summed E-state index contributed by atoms with van der Waals surface area (Å²) in [4.78, 5) is 14.4. The van der Waals surface area contributed by atoms with E-state index in [4.69, 9.17) is 12.2 Å². The lowest BCUT2D eigenvalue weighted by Gasteiger charge is -2.04. The van der Waals surface area contributed by atoms with Crippen molar-refractivity contribution in [2.45, 2.75) is 13.5 Å². The number of aromatic amines is 1. The molecule has 0 aliphatic heterocycles. The number of hydrogen-bond acceptors (Lipinski definition) is 2. The minimum Gasteiger partial charge on any atom is -0.355 e. The lowest BCUT2D eigenvalue weighted by molar-refractivity contribution is -0.121. The molecule has 1 aromatic heterocycles. The van der Waals surface area contributed by atoms with Gasteiger partial charge in [0.1, 0.15) is 12.4 Å². The van der Waals surface area contributed by atoms with Crippen LogP contribution in [0.4, 0.5) is 4.39 Å². The Bertz CT molecular complexity index is 617. The third kappa shape index (κ3) is 2.36. The topological polar surface area (TPSA) is 49.8 Å². The van der Waals surface area contributed by atoms with E-state index in [-0.39, 0.29) is 18.3 Å². The van der Waals surface area contributed by atoms with Gasteiger partial charge in [-0.1, -0.05) is 0 Å². The van der Waals surface area contributed by atoms with E-state index in [0.717, 1.165) is 5.52 Å². The molecule has 4 nitrogen and oxygen atoms in total. The van der Waals surface area contributed by atoms with Crippen LogP contribution in [0, 0.1) is 10.6 Å². The van der Waals surface area contributed by atoms with Gasteiger partial charge in [-0.2, -0.15) is 0 Å². The molecule has 0 spiro atoms. The highest BCUT2D eigenvalue weighted by Gasteiger charge is 2.08.